The molecule has 7 rings (SSSR count). The Morgan fingerprint density at radius 2 is 1.77 bits per heavy atom. The molecule has 2 aromatic heterocycles. The molecule has 1 aliphatic heterocycles. The third kappa shape index (κ3) is 5.53. The number of hydrogen-bond donors (Lipinski definition) is 4. The predicted octanol–water partition coefficient (Wildman–Crippen LogP) is 6.80. The summed E-state index contributed by atoms with van der Waals surface area (Å²) in [4.78, 5) is 8.41. The van der Waals surface area contributed by atoms with Gasteiger partial charge in [0.15, 0.2) is 5.54 Å². The van der Waals surface area contributed by atoms with E-state index in [2.05, 4.69) is 43.7 Å². The minimum absolute atomic E-state index is 0.0603. The van der Waals surface area contributed by atoms with Crippen LogP contribution in [0, 0.1) is 41.5 Å². The monoisotopic (exact) mass is 639 g/mol. The Bertz CT molecular complexity index is 1970. The number of hydrazine groups is 2. The number of hydrogen-bond acceptors (Lipinski definition) is 9. The van der Waals surface area contributed by atoms with Crippen molar-refractivity contribution in [1.82, 2.24) is 25.9 Å². The molecule has 0 radical (unpaired) electrons. The van der Waals surface area contributed by atoms with Crippen LogP contribution in [0.1, 0.15) is 65.7 Å². The lowest BCUT2D eigenvalue weighted by Gasteiger charge is -2.28. The maximum absolute atomic E-state index is 14.1. The van der Waals surface area contributed by atoms with E-state index in [0.29, 0.717) is 50.7 Å². The highest BCUT2D eigenvalue weighted by molar-refractivity contribution is 5.99. The van der Waals surface area contributed by atoms with Crippen LogP contribution >= 0.6 is 0 Å². The first-order chi connectivity index (χ1) is 22.6. The van der Waals surface area contributed by atoms with Crippen LogP contribution in [0.3, 0.4) is 0 Å². The Morgan fingerprint density at radius 3 is 2.40 bits per heavy atom. The molecule has 2 saturated carbocycles. The Labute approximate surface area is 267 Å². The molecule has 13 heteroatoms. The second-order valence-corrected chi connectivity index (χ2v) is 12.2. The minimum atomic E-state index is -4.46. The standard InChI is InChI=1S/C34H29F4N9/c1-19-25(9-10-28(35)42-19)32(27-18-47(46-45-27)33(11-12-33)34(36,37)38)43-24-13-22(15-39)30-26(14-24)31(23(16-40)17-41-30)44-29(21-7-8-21)20-5-3-2-4-6-20/h2-6,9-10,13-14,17-18,21,29,32,43,45-46H,7-8,11-12H2,1H3,(H,41,44)/t29?,32-/m0/s1. The zero-order valence-electron chi connectivity index (χ0n) is 25.2. The van der Waals surface area contributed by atoms with Crippen LogP contribution in [0.2, 0.25) is 0 Å². The molecule has 2 aromatic carbocycles. The second-order valence-electron chi connectivity index (χ2n) is 12.2. The number of nitrogens with one attached hydrogen (secondary N) is 4. The van der Waals surface area contributed by atoms with Crippen LogP contribution in [0.4, 0.5) is 28.9 Å². The molecule has 0 bridgehead atoms. The zero-order valence-corrected chi connectivity index (χ0v) is 25.2. The molecule has 9 nitrogen and oxygen atoms in total. The Kier molecular flexibility index (Phi) is 7.37. The lowest BCUT2D eigenvalue weighted by molar-refractivity contribution is -0.195. The number of halogens is 4. The molecule has 2 atom stereocenters. The van der Waals surface area contributed by atoms with Crippen molar-refractivity contribution in [2.75, 3.05) is 10.6 Å². The smallest absolute Gasteiger partial charge is 0.376 e. The van der Waals surface area contributed by atoms with Crippen molar-refractivity contribution in [3.05, 3.63) is 107 Å². The average Bonchev–Trinajstić information content (AvgIpc) is 4.00. The number of nitriles is 2. The fraction of sp³-hybridized carbons (Fsp3) is 0.294. The summed E-state index contributed by atoms with van der Waals surface area (Å²) in [6, 6.07) is 19.5. The van der Waals surface area contributed by atoms with Crippen molar-refractivity contribution in [2.24, 2.45) is 5.92 Å². The number of pyridine rings is 2. The zero-order chi connectivity index (χ0) is 32.9. The molecule has 1 unspecified atom stereocenters. The normalized spacial score (nSPS) is 18.0. The van der Waals surface area contributed by atoms with E-state index in [1.54, 1.807) is 19.1 Å². The topological polar surface area (TPSA) is 125 Å². The van der Waals surface area contributed by atoms with Gasteiger partial charge in [-0.25, -0.2) is 4.98 Å². The number of anilines is 2. The first kappa shape index (κ1) is 30.3. The van der Waals surface area contributed by atoms with Gasteiger partial charge in [-0.1, -0.05) is 36.4 Å². The summed E-state index contributed by atoms with van der Waals surface area (Å²) in [5.41, 5.74) is 7.60. The largest absolute Gasteiger partial charge is 0.413 e. The van der Waals surface area contributed by atoms with Crippen LogP contribution in [0.15, 0.2) is 72.7 Å². The number of nitrogens with zero attached hydrogens (tertiary/aromatic N) is 5. The lowest BCUT2D eigenvalue weighted by Crippen LogP contribution is -2.52. The fourth-order valence-corrected chi connectivity index (χ4v) is 6.25. The number of fused-ring (bicyclic) bond motifs is 1. The summed E-state index contributed by atoms with van der Waals surface area (Å²) in [6.45, 7) is 1.61. The maximum atomic E-state index is 14.1. The van der Waals surface area contributed by atoms with Crippen LogP contribution in [-0.2, 0) is 0 Å². The number of benzene rings is 2. The van der Waals surface area contributed by atoms with Gasteiger partial charge in [0.2, 0.25) is 5.95 Å². The quantitative estimate of drug-likeness (QED) is 0.116. The predicted molar refractivity (Wildman–Crippen MR) is 166 cm³/mol. The third-order valence-corrected chi connectivity index (χ3v) is 9.09. The molecule has 3 aliphatic rings. The van der Waals surface area contributed by atoms with Gasteiger partial charge in [0.05, 0.1) is 40.1 Å². The van der Waals surface area contributed by atoms with E-state index in [-0.39, 0.29) is 24.4 Å². The summed E-state index contributed by atoms with van der Waals surface area (Å²) >= 11 is 0. The van der Waals surface area contributed by atoms with E-state index in [4.69, 9.17) is 0 Å². The van der Waals surface area contributed by atoms with E-state index in [0.717, 1.165) is 23.4 Å². The minimum Gasteiger partial charge on any atom is -0.376 e. The van der Waals surface area contributed by atoms with Crippen LogP contribution in [0.25, 0.3) is 10.9 Å². The summed E-state index contributed by atoms with van der Waals surface area (Å²) < 4.78 is 56.0. The maximum Gasteiger partial charge on any atom is 0.413 e. The van der Waals surface area contributed by atoms with E-state index in [9.17, 15) is 28.1 Å². The Hall–Kier alpha value is -5.40. The van der Waals surface area contributed by atoms with E-state index < -0.39 is 23.7 Å². The molecule has 4 aromatic rings. The van der Waals surface area contributed by atoms with Crippen molar-refractivity contribution in [3.63, 3.8) is 0 Å². The molecule has 238 valence electrons. The van der Waals surface area contributed by atoms with E-state index in [1.807, 2.05) is 30.3 Å². The first-order valence-corrected chi connectivity index (χ1v) is 15.2. The summed E-state index contributed by atoms with van der Waals surface area (Å²) in [5.74, 6) is -0.330. The summed E-state index contributed by atoms with van der Waals surface area (Å²) in [7, 11) is 0. The number of aryl methyl sites for hydroxylation is 1. The Balaban J connectivity index is 1.32. The molecule has 2 fully saturated rings. The highest BCUT2D eigenvalue weighted by Crippen LogP contribution is 2.54. The van der Waals surface area contributed by atoms with Gasteiger partial charge in [-0.05, 0) is 62.3 Å². The molecule has 4 N–H and O–H groups in total. The van der Waals surface area contributed by atoms with Gasteiger partial charge in [-0.2, -0.15) is 28.1 Å². The molecule has 0 amide bonds. The summed E-state index contributed by atoms with van der Waals surface area (Å²) in [5, 5.41) is 28.8. The average molecular weight is 640 g/mol. The molecular formula is C34H29F4N9. The number of aromatic nitrogens is 2. The van der Waals surface area contributed by atoms with Gasteiger partial charge in [-0.3, -0.25) is 9.99 Å². The van der Waals surface area contributed by atoms with Crippen molar-refractivity contribution < 1.29 is 17.6 Å². The fourth-order valence-electron chi connectivity index (χ4n) is 6.25. The first-order valence-electron chi connectivity index (χ1n) is 15.2. The molecule has 0 spiro atoms. The van der Waals surface area contributed by atoms with Gasteiger partial charge in [-0.15, -0.1) is 5.53 Å². The number of rotatable bonds is 9. The van der Waals surface area contributed by atoms with Gasteiger partial charge in [0.25, 0.3) is 0 Å². The van der Waals surface area contributed by atoms with Gasteiger partial charge >= 0.3 is 6.18 Å². The Morgan fingerprint density at radius 1 is 1.02 bits per heavy atom. The van der Waals surface area contributed by atoms with Gasteiger partial charge in [0, 0.05) is 34.7 Å². The molecule has 3 heterocycles. The molecular weight excluding hydrogens is 610 g/mol. The third-order valence-electron chi connectivity index (χ3n) is 9.09. The van der Waals surface area contributed by atoms with Gasteiger partial charge in [0.1, 0.15) is 12.1 Å². The van der Waals surface area contributed by atoms with Crippen molar-refractivity contribution in [2.45, 2.75) is 56.4 Å². The highest BCUT2D eigenvalue weighted by atomic mass is 19.4. The van der Waals surface area contributed by atoms with E-state index in [1.165, 1.54) is 24.5 Å². The second kappa shape index (κ2) is 11.4. The lowest BCUT2D eigenvalue weighted by atomic mass is 9.98. The van der Waals surface area contributed by atoms with Crippen molar-refractivity contribution in [3.8, 4) is 12.1 Å². The molecule has 47 heavy (non-hydrogen) atoms. The van der Waals surface area contributed by atoms with Gasteiger partial charge < -0.3 is 16.1 Å². The summed E-state index contributed by atoms with van der Waals surface area (Å²) in [6.07, 6.45) is 0.287. The van der Waals surface area contributed by atoms with Crippen LogP contribution in [0.5, 0.6) is 0 Å². The molecule has 0 saturated heterocycles. The van der Waals surface area contributed by atoms with Crippen molar-refractivity contribution >= 4 is 22.3 Å². The van der Waals surface area contributed by atoms with Crippen LogP contribution < -0.4 is 21.6 Å². The van der Waals surface area contributed by atoms with Crippen molar-refractivity contribution in [1.29, 1.82) is 10.5 Å². The number of alkyl halides is 3. The van der Waals surface area contributed by atoms with E-state index >= 15 is 0 Å². The highest BCUT2D eigenvalue weighted by Gasteiger charge is 2.67. The SMILES string of the molecule is Cc1nc(F)ccc1[C@H](Nc1cc(C#N)c2ncc(C#N)c(NC(c3ccccc3)C3CC3)c2c1)C1=CN(C2(C(F)(F)F)CC2)NN1. The van der Waals surface area contributed by atoms with Crippen LogP contribution in [-0.4, -0.2) is 26.7 Å². The molecule has 2 aliphatic carbocycles.